The van der Waals surface area contributed by atoms with Crippen LogP contribution in [0.4, 0.5) is 5.69 Å². The zero-order chi connectivity index (χ0) is 13.8. The van der Waals surface area contributed by atoms with Crippen LogP contribution in [0.25, 0.3) is 0 Å². The molecule has 0 fully saturated rings. The Balaban J connectivity index is 2.31. The molecule has 0 aliphatic heterocycles. The van der Waals surface area contributed by atoms with Gasteiger partial charge in [-0.1, -0.05) is 23.2 Å². The van der Waals surface area contributed by atoms with Gasteiger partial charge in [-0.05, 0) is 6.07 Å². The van der Waals surface area contributed by atoms with Gasteiger partial charge in [-0.2, -0.15) is 0 Å². The average molecular weight is 299 g/mol. The lowest BCUT2D eigenvalue weighted by molar-refractivity contribution is 0.102. The minimum absolute atomic E-state index is 0.0568. The molecule has 6 nitrogen and oxygen atoms in total. The van der Waals surface area contributed by atoms with E-state index in [-0.39, 0.29) is 16.0 Å². The molecule has 0 saturated carbocycles. The summed E-state index contributed by atoms with van der Waals surface area (Å²) in [5.74, 6) is -0.109. The Morgan fingerprint density at radius 1 is 1.32 bits per heavy atom. The molecule has 98 valence electrons. The van der Waals surface area contributed by atoms with E-state index in [0.717, 1.165) is 0 Å². The molecule has 8 heteroatoms. The SMILES string of the molecule is COc1cnccc1C(=O)Nc1c(Cl)ncnc1Cl. The fraction of sp³-hybridized carbons (Fsp3) is 0.0909. The van der Waals surface area contributed by atoms with Crippen LogP contribution in [-0.2, 0) is 0 Å². The highest BCUT2D eigenvalue weighted by molar-refractivity contribution is 6.38. The van der Waals surface area contributed by atoms with Crippen LogP contribution in [0.1, 0.15) is 10.4 Å². The highest BCUT2D eigenvalue weighted by Gasteiger charge is 2.16. The molecule has 2 heterocycles. The van der Waals surface area contributed by atoms with Gasteiger partial charge in [-0.25, -0.2) is 9.97 Å². The molecule has 0 spiro atoms. The van der Waals surface area contributed by atoms with E-state index < -0.39 is 5.91 Å². The first-order valence-corrected chi connectivity index (χ1v) is 5.84. The Labute approximate surface area is 118 Å². The maximum Gasteiger partial charge on any atom is 0.259 e. The van der Waals surface area contributed by atoms with Gasteiger partial charge < -0.3 is 10.1 Å². The van der Waals surface area contributed by atoms with Gasteiger partial charge >= 0.3 is 0 Å². The van der Waals surface area contributed by atoms with Gasteiger partial charge in [0.15, 0.2) is 10.3 Å². The predicted octanol–water partition coefficient (Wildman–Crippen LogP) is 2.44. The highest BCUT2D eigenvalue weighted by Crippen LogP contribution is 2.27. The molecule has 2 aromatic heterocycles. The number of halogens is 2. The first-order chi connectivity index (χ1) is 9.13. The summed E-state index contributed by atoms with van der Waals surface area (Å²) in [6.07, 6.45) is 4.11. The number of nitrogens with zero attached hydrogens (tertiary/aromatic N) is 3. The topological polar surface area (TPSA) is 77.0 Å². The van der Waals surface area contributed by atoms with Crippen molar-refractivity contribution < 1.29 is 9.53 Å². The number of hydrogen-bond acceptors (Lipinski definition) is 5. The van der Waals surface area contributed by atoms with Crippen molar-refractivity contribution in [2.75, 3.05) is 12.4 Å². The van der Waals surface area contributed by atoms with Gasteiger partial charge in [0.05, 0.1) is 18.9 Å². The summed E-state index contributed by atoms with van der Waals surface area (Å²) >= 11 is 11.7. The molecule has 0 aliphatic carbocycles. The number of rotatable bonds is 3. The normalized spacial score (nSPS) is 10.1. The molecule has 0 bridgehead atoms. The number of hydrogen-bond donors (Lipinski definition) is 1. The van der Waals surface area contributed by atoms with E-state index in [1.165, 1.54) is 31.9 Å². The zero-order valence-electron chi connectivity index (χ0n) is 9.72. The maximum atomic E-state index is 12.1. The fourth-order valence-electron chi connectivity index (χ4n) is 1.36. The quantitative estimate of drug-likeness (QED) is 0.881. The molecule has 19 heavy (non-hydrogen) atoms. The van der Waals surface area contributed by atoms with Crippen LogP contribution in [0.5, 0.6) is 5.75 Å². The Morgan fingerprint density at radius 3 is 2.63 bits per heavy atom. The number of carbonyl (C=O) groups excluding carboxylic acids is 1. The first-order valence-electron chi connectivity index (χ1n) is 5.09. The van der Waals surface area contributed by atoms with Gasteiger partial charge in [-0.15, -0.1) is 0 Å². The highest BCUT2D eigenvalue weighted by atomic mass is 35.5. The number of ether oxygens (including phenoxy) is 1. The number of aromatic nitrogens is 3. The van der Waals surface area contributed by atoms with Crippen LogP contribution in [0, 0.1) is 0 Å². The molecule has 0 radical (unpaired) electrons. The van der Waals surface area contributed by atoms with Crippen molar-refractivity contribution in [1.82, 2.24) is 15.0 Å². The number of nitrogens with one attached hydrogen (secondary N) is 1. The summed E-state index contributed by atoms with van der Waals surface area (Å²) in [6.45, 7) is 0. The number of methoxy groups -OCH3 is 1. The molecular weight excluding hydrogens is 291 g/mol. The van der Waals surface area contributed by atoms with Crippen molar-refractivity contribution in [3.63, 3.8) is 0 Å². The molecule has 0 aliphatic rings. The van der Waals surface area contributed by atoms with E-state index in [2.05, 4.69) is 20.3 Å². The van der Waals surface area contributed by atoms with Crippen molar-refractivity contribution in [1.29, 1.82) is 0 Å². The molecular formula is C11H8Cl2N4O2. The first kappa shape index (κ1) is 13.5. The third-order valence-electron chi connectivity index (χ3n) is 2.24. The van der Waals surface area contributed by atoms with Gasteiger partial charge in [0.2, 0.25) is 0 Å². The van der Waals surface area contributed by atoms with Crippen molar-refractivity contribution in [2.45, 2.75) is 0 Å². The number of pyridine rings is 1. The van der Waals surface area contributed by atoms with Crippen molar-refractivity contribution >= 4 is 34.8 Å². The lowest BCUT2D eigenvalue weighted by Gasteiger charge is -2.09. The molecule has 0 saturated heterocycles. The maximum absolute atomic E-state index is 12.1. The van der Waals surface area contributed by atoms with Gasteiger partial charge in [0, 0.05) is 6.20 Å². The van der Waals surface area contributed by atoms with Crippen LogP contribution in [0.2, 0.25) is 10.3 Å². The number of anilines is 1. The molecule has 2 rings (SSSR count). The average Bonchev–Trinajstić information content (AvgIpc) is 2.42. The molecule has 0 aromatic carbocycles. The van der Waals surface area contributed by atoms with E-state index in [1.807, 2.05) is 0 Å². The summed E-state index contributed by atoms with van der Waals surface area (Å²) in [5.41, 5.74) is 0.447. The van der Waals surface area contributed by atoms with Crippen LogP contribution < -0.4 is 10.1 Å². The molecule has 0 atom stereocenters. The number of amides is 1. The van der Waals surface area contributed by atoms with Crippen LogP contribution in [0.3, 0.4) is 0 Å². The third-order valence-corrected chi connectivity index (χ3v) is 2.82. The summed E-state index contributed by atoms with van der Waals surface area (Å²) < 4.78 is 5.04. The molecule has 1 N–H and O–H groups in total. The minimum Gasteiger partial charge on any atom is -0.494 e. The predicted molar refractivity (Wildman–Crippen MR) is 70.8 cm³/mol. The Morgan fingerprint density at radius 2 is 2.00 bits per heavy atom. The van der Waals surface area contributed by atoms with Gasteiger partial charge in [0.1, 0.15) is 17.8 Å². The second-order valence-electron chi connectivity index (χ2n) is 3.36. The van der Waals surface area contributed by atoms with Crippen molar-refractivity contribution in [2.24, 2.45) is 0 Å². The Hall–Kier alpha value is -1.92. The van der Waals surface area contributed by atoms with E-state index in [0.29, 0.717) is 11.3 Å². The summed E-state index contributed by atoms with van der Waals surface area (Å²) in [4.78, 5) is 23.4. The summed E-state index contributed by atoms with van der Waals surface area (Å²) in [5, 5.41) is 2.65. The van der Waals surface area contributed by atoms with Crippen LogP contribution in [-0.4, -0.2) is 28.0 Å². The second kappa shape index (κ2) is 5.81. The Kier molecular flexibility index (Phi) is 4.13. The van der Waals surface area contributed by atoms with Crippen LogP contribution in [0.15, 0.2) is 24.8 Å². The third kappa shape index (κ3) is 2.91. The monoisotopic (exact) mass is 298 g/mol. The standard InChI is InChI=1S/C11H8Cl2N4O2/c1-19-7-4-14-3-2-6(7)11(18)17-8-9(12)15-5-16-10(8)13/h2-5H,1H3,(H,17,18). The van der Waals surface area contributed by atoms with Gasteiger partial charge in [-0.3, -0.25) is 9.78 Å². The van der Waals surface area contributed by atoms with Crippen LogP contribution >= 0.6 is 23.2 Å². The summed E-state index contributed by atoms with van der Waals surface area (Å²) in [6, 6.07) is 1.51. The van der Waals surface area contributed by atoms with E-state index >= 15 is 0 Å². The minimum atomic E-state index is -0.446. The lowest BCUT2D eigenvalue weighted by atomic mass is 10.2. The molecule has 2 aromatic rings. The number of carbonyl (C=O) groups is 1. The van der Waals surface area contributed by atoms with E-state index in [4.69, 9.17) is 27.9 Å². The lowest BCUT2D eigenvalue weighted by Crippen LogP contribution is -2.14. The van der Waals surface area contributed by atoms with E-state index in [9.17, 15) is 4.79 Å². The zero-order valence-corrected chi connectivity index (χ0v) is 11.2. The fourth-order valence-corrected chi connectivity index (χ4v) is 1.77. The van der Waals surface area contributed by atoms with E-state index in [1.54, 1.807) is 0 Å². The largest absolute Gasteiger partial charge is 0.494 e. The molecule has 0 unspecified atom stereocenters. The van der Waals surface area contributed by atoms with Crippen molar-refractivity contribution in [3.8, 4) is 5.75 Å². The smallest absolute Gasteiger partial charge is 0.259 e. The second-order valence-corrected chi connectivity index (χ2v) is 4.08. The Bertz CT molecular complexity index is 601. The van der Waals surface area contributed by atoms with Crippen molar-refractivity contribution in [3.05, 3.63) is 40.7 Å². The summed E-state index contributed by atoms with van der Waals surface area (Å²) in [7, 11) is 1.44. The van der Waals surface area contributed by atoms with Gasteiger partial charge in [0.25, 0.3) is 5.91 Å². The molecule has 1 amide bonds.